The van der Waals surface area contributed by atoms with Crippen molar-refractivity contribution in [3.63, 3.8) is 0 Å². The van der Waals surface area contributed by atoms with Crippen LogP contribution < -0.4 is 5.32 Å². The molecule has 3 fully saturated rings. The van der Waals surface area contributed by atoms with E-state index in [2.05, 4.69) is 40.5 Å². The number of carbonyl (C=O) groups excluding carboxylic acids is 1. The van der Waals surface area contributed by atoms with Gasteiger partial charge in [0.1, 0.15) is 11.5 Å². The third-order valence-electron chi connectivity index (χ3n) is 9.41. The molecule has 1 N–H and O–H groups in total. The van der Waals surface area contributed by atoms with Crippen LogP contribution in [0.15, 0.2) is 47.4 Å². The highest BCUT2D eigenvalue weighted by Gasteiger charge is 2.37. The summed E-state index contributed by atoms with van der Waals surface area (Å²) < 4.78 is 40.0. The molecular formula is C33H44Cl3N3O5S. The molecule has 3 aliphatic rings. The Kier molecular flexibility index (Phi) is 12.9. The van der Waals surface area contributed by atoms with E-state index in [9.17, 15) is 13.2 Å². The van der Waals surface area contributed by atoms with Crippen LogP contribution in [0.4, 0.5) is 0 Å². The summed E-state index contributed by atoms with van der Waals surface area (Å²) >= 11 is 18.5. The lowest BCUT2D eigenvalue weighted by molar-refractivity contribution is -0.127. The standard InChI is InChI=1S/C33H44Cl3N3O5S/c34-26-20-29(35)33(30(36)21-26)45(41,42)39-15-5-4-8-28(39)22-44-23-32(40)37-27-12-10-25(11-13-27)31(38-16-18-43-19-17-38)14-9-24-6-2-1-3-7-24/h1-3,6-7,20-21,25,27-28,31H,4-5,8-19,22-23H2,(H,37,40). The Morgan fingerprint density at radius 2 is 1.64 bits per heavy atom. The van der Waals surface area contributed by atoms with Crippen LogP contribution in [0.2, 0.25) is 15.1 Å². The first-order valence-electron chi connectivity index (χ1n) is 16.1. The predicted octanol–water partition coefficient (Wildman–Crippen LogP) is 6.22. The minimum absolute atomic E-state index is 0.0145. The highest BCUT2D eigenvalue weighted by Crippen LogP contribution is 2.37. The van der Waals surface area contributed by atoms with Gasteiger partial charge in [0, 0.05) is 42.8 Å². The van der Waals surface area contributed by atoms with E-state index in [1.54, 1.807) is 0 Å². The lowest BCUT2D eigenvalue weighted by atomic mass is 9.79. The molecule has 1 saturated carbocycles. The number of hydrogen-bond acceptors (Lipinski definition) is 6. The van der Waals surface area contributed by atoms with E-state index >= 15 is 0 Å². The number of ether oxygens (including phenoxy) is 2. The van der Waals surface area contributed by atoms with Gasteiger partial charge < -0.3 is 14.8 Å². The van der Waals surface area contributed by atoms with Gasteiger partial charge in [0.15, 0.2) is 0 Å². The van der Waals surface area contributed by atoms with E-state index < -0.39 is 16.1 Å². The number of benzene rings is 2. The average Bonchev–Trinajstić information content (AvgIpc) is 3.02. The number of sulfonamides is 1. The number of amides is 1. The van der Waals surface area contributed by atoms with Gasteiger partial charge in [-0.25, -0.2) is 8.42 Å². The third kappa shape index (κ3) is 9.35. The molecule has 248 valence electrons. The normalized spacial score (nSPS) is 24.3. The Balaban J connectivity index is 1.10. The summed E-state index contributed by atoms with van der Waals surface area (Å²) in [5.41, 5.74) is 1.38. The van der Waals surface area contributed by atoms with Crippen molar-refractivity contribution in [3.8, 4) is 0 Å². The molecule has 2 atom stereocenters. The van der Waals surface area contributed by atoms with Gasteiger partial charge in [-0.05, 0) is 75.0 Å². The monoisotopic (exact) mass is 699 g/mol. The topological polar surface area (TPSA) is 88.2 Å². The van der Waals surface area contributed by atoms with E-state index in [1.165, 1.54) is 22.0 Å². The predicted molar refractivity (Wildman–Crippen MR) is 179 cm³/mol. The minimum Gasteiger partial charge on any atom is -0.379 e. The first kappa shape index (κ1) is 34.9. The van der Waals surface area contributed by atoms with Crippen LogP contribution in [0.5, 0.6) is 0 Å². The van der Waals surface area contributed by atoms with Crippen molar-refractivity contribution in [1.29, 1.82) is 0 Å². The SMILES string of the molecule is O=C(COCC1CCCCN1S(=O)(=O)c1c(Cl)cc(Cl)cc1Cl)NC1CCC(C(CCc2ccccc2)N2CCOCC2)CC1. The number of nitrogens with zero attached hydrogens (tertiary/aromatic N) is 2. The summed E-state index contributed by atoms with van der Waals surface area (Å²) in [6.45, 7) is 3.88. The Bertz CT molecular complexity index is 1350. The van der Waals surface area contributed by atoms with Gasteiger partial charge in [-0.15, -0.1) is 0 Å². The van der Waals surface area contributed by atoms with Crippen molar-refractivity contribution >= 4 is 50.7 Å². The summed E-state index contributed by atoms with van der Waals surface area (Å²) in [5.74, 6) is 0.430. The fourth-order valence-electron chi connectivity index (χ4n) is 7.14. The van der Waals surface area contributed by atoms with Crippen LogP contribution in [0, 0.1) is 5.92 Å². The van der Waals surface area contributed by atoms with Gasteiger partial charge >= 0.3 is 0 Å². The zero-order chi connectivity index (χ0) is 31.8. The van der Waals surface area contributed by atoms with Gasteiger partial charge in [0.25, 0.3) is 0 Å². The molecule has 2 heterocycles. The van der Waals surface area contributed by atoms with Crippen molar-refractivity contribution in [2.45, 2.75) is 80.8 Å². The number of nitrogens with one attached hydrogen (secondary N) is 1. The Morgan fingerprint density at radius 1 is 0.956 bits per heavy atom. The Hall–Kier alpha value is -1.43. The Labute approximate surface area is 282 Å². The number of hydrogen-bond donors (Lipinski definition) is 1. The third-order valence-corrected chi connectivity index (χ3v) is 12.5. The van der Waals surface area contributed by atoms with Crippen molar-refractivity contribution in [1.82, 2.24) is 14.5 Å². The number of carbonyl (C=O) groups is 1. The number of piperidine rings is 1. The summed E-state index contributed by atoms with van der Waals surface area (Å²) in [4.78, 5) is 15.3. The van der Waals surface area contributed by atoms with E-state index in [1.807, 2.05) is 0 Å². The number of morpholine rings is 1. The summed E-state index contributed by atoms with van der Waals surface area (Å²) in [5, 5.41) is 3.40. The van der Waals surface area contributed by atoms with Crippen molar-refractivity contribution < 1.29 is 22.7 Å². The molecule has 2 saturated heterocycles. The molecule has 2 unspecified atom stereocenters. The molecule has 2 aromatic rings. The highest BCUT2D eigenvalue weighted by atomic mass is 35.5. The second-order valence-electron chi connectivity index (χ2n) is 12.4. The summed E-state index contributed by atoms with van der Waals surface area (Å²) in [6.07, 6.45) is 8.46. The maximum atomic E-state index is 13.6. The van der Waals surface area contributed by atoms with Crippen LogP contribution in [-0.4, -0.2) is 87.7 Å². The van der Waals surface area contributed by atoms with Crippen molar-refractivity contribution in [2.75, 3.05) is 46.1 Å². The van der Waals surface area contributed by atoms with Gasteiger partial charge in [-0.3, -0.25) is 9.69 Å². The van der Waals surface area contributed by atoms with Gasteiger partial charge in [-0.1, -0.05) is 71.6 Å². The molecule has 0 bridgehead atoms. The molecule has 1 aliphatic carbocycles. The number of halogens is 3. The van der Waals surface area contributed by atoms with E-state index in [0.29, 0.717) is 24.9 Å². The molecule has 1 amide bonds. The van der Waals surface area contributed by atoms with Crippen molar-refractivity contribution in [3.05, 3.63) is 63.1 Å². The van der Waals surface area contributed by atoms with Crippen molar-refractivity contribution in [2.24, 2.45) is 5.92 Å². The number of rotatable bonds is 12. The molecule has 45 heavy (non-hydrogen) atoms. The quantitative estimate of drug-likeness (QED) is 0.283. The van der Waals surface area contributed by atoms with E-state index in [4.69, 9.17) is 44.3 Å². The molecule has 0 radical (unpaired) electrons. The fourth-order valence-corrected chi connectivity index (χ4v) is 10.3. The Morgan fingerprint density at radius 3 is 2.33 bits per heavy atom. The first-order chi connectivity index (χ1) is 21.7. The second kappa shape index (κ2) is 16.6. The molecule has 0 spiro atoms. The van der Waals surface area contributed by atoms with Gasteiger partial charge in [-0.2, -0.15) is 4.31 Å². The summed E-state index contributed by atoms with van der Waals surface area (Å²) in [6, 6.07) is 13.7. The average molecular weight is 701 g/mol. The second-order valence-corrected chi connectivity index (χ2v) is 15.5. The van der Waals surface area contributed by atoms with Gasteiger partial charge in [0.2, 0.25) is 15.9 Å². The maximum Gasteiger partial charge on any atom is 0.246 e. The van der Waals surface area contributed by atoms with Crippen LogP contribution in [0.25, 0.3) is 0 Å². The molecule has 8 nitrogen and oxygen atoms in total. The van der Waals surface area contributed by atoms with Crippen LogP contribution in [0.3, 0.4) is 0 Å². The van der Waals surface area contributed by atoms with E-state index in [-0.39, 0.29) is 45.1 Å². The lowest BCUT2D eigenvalue weighted by Gasteiger charge is -2.42. The fraction of sp³-hybridized carbons (Fsp3) is 0.606. The lowest BCUT2D eigenvalue weighted by Crippen LogP contribution is -2.49. The highest BCUT2D eigenvalue weighted by molar-refractivity contribution is 7.89. The zero-order valence-electron chi connectivity index (χ0n) is 25.6. The largest absolute Gasteiger partial charge is 0.379 e. The summed E-state index contributed by atoms with van der Waals surface area (Å²) in [7, 11) is -3.98. The van der Waals surface area contributed by atoms with Crippen LogP contribution in [0.1, 0.15) is 56.9 Å². The maximum absolute atomic E-state index is 13.6. The first-order valence-corrected chi connectivity index (χ1v) is 18.7. The molecule has 5 rings (SSSR count). The van der Waals surface area contributed by atoms with Crippen LogP contribution in [-0.2, 0) is 30.7 Å². The molecule has 2 aliphatic heterocycles. The molecule has 0 aromatic heterocycles. The molecular weight excluding hydrogens is 657 g/mol. The van der Waals surface area contributed by atoms with Crippen LogP contribution >= 0.6 is 34.8 Å². The van der Waals surface area contributed by atoms with Gasteiger partial charge in [0.05, 0.1) is 29.9 Å². The minimum atomic E-state index is -3.98. The zero-order valence-corrected chi connectivity index (χ0v) is 28.7. The molecule has 12 heteroatoms. The molecule has 2 aromatic carbocycles. The smallest absolute Gasteiger partial charge is 0.246 e. The number of aryl methyl sites for hydroxylation is 1. The van der Waals surface area contributed by atoms with E-state index in [0.717, 1.165) is 77.7 Å².